The molecule has 17 heavy (non-hydrogen) atoms. The lowest BCUT2D eigenvalue weighted by Gasteiger charge is -2.15. The Kier molecular flexibility index (Phi) is 6.18. The summed E-state index contributed by atoms with van der Waals surface area (Å²) in [6.07, 6.45) is 2.25. The van der Waals surface area contributed by atoms with Crippen LogP contribution in [0.4, 0.5) is 5.82 Å². The lowest BCUT2D eigenvalue weighted by Crippen LogP contribution is -2.26. The van der Waals surface area contributed by atoms with Gasteiger partial charge in [-0.3, -0.25) is 4.31 Å². The average molecular weight is 300 g/mol. The summed E-state index contributed by atoms with van der Waals surface area (Å²) in [5.74, 6) is 0.692. The van der Waals surface area contributed by atoms with Crippen LogP contribution in [0.2, 0.25) is 0 Å². The van der Waals surface area contributed by atoms with Gasteiger partial charge in [0.2, 0.25) is 10.0 Å². The van der Waals surface area contributed by atoms with Gasteiger partial charge in [-0.25, -0.2) is 13.4 Å². The number of anilines is 1. The summed E-state index contributed by atoms with van der Waals surface area (Å²) in [5, 5.41) is 0. The second-order valence-electron chi connectivity index (χ2n) is 3.47. The quantitative estimate of drug-likeness (QED) is 0.881. The van der Waals surface area contributed by atoms with E-state index in [0.717, 1.165) is 5.56 Å². The van der Waals surface area contributed by atoms with Crippen LogP contribution in [0.25, 0.3) is 0 Å². The van der Waals surface area contributed by atoms with E-state index >= 15 is 0 Å². The number of pyridine rings is 1. The predicted molar refractivity (Wildman–Crippen MR) is 72.4 cm³/mol. The molecule has 1 aliphatic rings. The van der Waals surface area contributed by atoms with E-state index in [1.165, 1.54) is 4.31 Å². The Bertz CT molecular complexity index is 467. The molecule has 0 atom stereocenters. The SMILES string of the molecule is Cl.Cl.NCc1ccnc(N2CCCS2(=O)=O)c1. The van der Waals surface area contributed by atoms with Crippen molar-refractivity contribution in [1.82, 2.24) is 4.98 Å². The van der Waals surface area contributed by atoms with Crippen LogP contribution in [0.1, 0.15) is 12.0 Å². The van der Waals surface area contributed by atoms with Gasteiger partial charge in [0, 0.05) is 19.3 Å². The molecule has 5 nitrogen and oxygen atoms in total. The maximum atomic E-state index is 11.6. The van der Waals surface area contributed by atoms with Gasteiger partial charge >= 0.3 is 0 Å². The zero-order chi connectivity index (χ0) is 10.9. The van der Waals surface area contributed by atoms with Crippen molar-refractivity contribution in [2.24, 2.45) is 5.73 Å². The molecule has 98 valence electrons. The van der Waals surface area contributed by atoms with E-state index in [0.29, 0.717) is 25.3 Å². The van der Waals surface area contributed by atoms with Gasteiger partial charge in [0.25, 0.3) is 0 Å². The van der Waals surface area contributed by atoms with E-state index in [2.05, 4.69) is 4.98 Å². The van der Waals surface area contributed by atoms with Crippen LogP contribution in [-0.2, 0) is 16.6 Å². The predicted octanol–water partition coefficient (Wildman–Crippen LogP) is 0.924. The highest BCUT2D eigenvalue weighted by Crippen LogP contribution is 2.22. The fourth-order valence-electron chi connectivity index (χ4n) is 1.62. The maximum Gasteiger partial charge on any atom is 0.236 e. The molecule has 8 heteroatoms. The molecule has 0 saturated carbocycles. The molecule has 0 aliphatic carbocycles. The van der Waals surface area contributed by atoms with Crippen LogP contribution in [0, 0.1) is 0 Å². The Hall–Kier alpha value is -0.560. The largest absolute Gasteiger partial charge is 0.326 e. The van der Waals surface area contributed by atoms with Gasteiger partial charge < -0.3 is 5.73 Å². The summed E-state index contributed by atoms with van der Waals surface area (Å²) in [6.45, 7) is 0.909. The molecule has 2 heterocycles. The minimum absolute atomic E-state index is 0. The third-order valence-corrected chi connectivity index (χ3v) is 4.25. The van der Waals surface area contributed by atoms with E-state index in [1.54, 1.807) is 18.3 Å². The van der Waals surface area contributed by atoms with E-state index in [4.69, 9.17) is 5.73 Å². The summed E-state index contributed by atoms with van der Waals surface area (Å²) in [4.78, 5) is 4.06. The number of hydrogen-bond acceptors (Lipinski definition) is 4. The third-order valence-electron chi connectivity index (χ3n) is 2.40. The van der Waals surface area contributed by atoms with Gasteiger partial charge in [0.1, 0.15) is 5.82 Å². The van der Waals surface area contributed by atoms with Crippen LogP contribution >= 0.6 is 24.8 Å². The summed E-state index contributed by atoms with van der Waals surface area (Å²) >= 11 is 0. The Morgan fingerprint density at radius 2 is 2.12 bits per heavy atom. The first-order valence-corrected chi connectivity index (χ1v) is 6.40. The van der Waals surface area contributed by atoms with Crippen LogP contribution in [0.5, 0.6) is 0 Å². The summed E-state index contributed by atoms with van der Waals surface area (Å²) in [7, 11) is -3.14. The first-order chi connectivity index (χ1) is 7.13. The highest BCUT2D eigenvalue weighted by Gasteiger charge is 2.29. The van der Waals surface area contributed by atoms with E-state index in [1.807, 2.05) is 0 Å². The molecule has 2 rings (SSSR count). The smallest absolute Gasteiger partial charge is 0.236 e. The number of sulfonamides is 1. The minimum Gasteiger partial charge on any atom is -0.326 e. The third kappa shape index (κ3) is 3.45. The molecule has 0 spiro atoms. The van der Waals surface area contributed by atoms with Gasteiger partial charge in [0.05, 0.1) is 5.75 Å². The molecular formula is C9H15Cl2N3O2S. The van der Waals surface area contributed by atoms with Crippen molar-refractivity contribution >= 4 is 40.7 Å². The molecule has 2 N–H and O–H groups in total. The van der Waals surface area contributed by atoms with Crippen molar-refractivity contribution in [2.75, 3.05) is 16.6 Å². The number of nitrogens with two attached hydrogens (primary N) is 1. The number of nitrogens with zero attached hydrogens (tertiary/aromatic N) is 2. The fourth-order valence-corrected chi connectivity index (χ4v) is 3.13. The number of hydrogen-bond donors (Lipinski definition) is 1. The Morgan fingerprint density at radius 3 is 2.65 bits per heavy atom. The molecule has 0 bridgehead atoms. The van der Waals surface area contributed by atoms with E-state index in [-0.39, 0.29) is 30.6 Å². The number of halogens is 2. The molecule has 0 radical (unpaired) electrons. The molecule has 0 aromatic carbocycles. The molecule has 1 aliphatic heterocycles. The van der Waals surface area contributed by atoms with E-state index in [9.17, 15) is 8.42 Å². The average Bonchev–Trinajstić information content (AvgIpc) is 2.58. The lowest BCUT2D eigenvalue weighted by atomic mass is 10.2. The molecule has 1 aromatic heterocycles. The fraction of sp³-hybridized carbons (Fsp3) is 0.444. The second-order valence-corrected chi connectivity index (χ2v) is 5.48. The van der Waals surface area contributed by atoms with Crippen LogP contribution < -0.4 is 10.0 Å². The first-order valence-electron chi connectivity index (χ1n) is 4.79. The summed E-state index contributed by atoms with van der Waals surface area (Å²) in [5.41, 5.74) is 6.38. The van der Waals surface area contributed by atoms with Gasteiger partial charge in [-0.05, 0) is 24.1 Å². The second kappa shape index (κ2) is 6.39. The van der Waals surface area contributed by atoms with Gasteiger partial charge in [0.15, 0.2) is 0 Å². The van der Waals surface area contributed by atoms with Crippen molar-refractivity contribution in [2.45, 2.75) is 13.0 Å². The number of rotatable bonds is 2. The van der Waals surface area contributed by atoms with Crippen molar-refractivity contribution in [1.29, 1.82) is 0 Å². The van der Waals surface area contributed by atoms with Crippen LogP contribution in [0.3, 0.4) is 0 Å². The van der Waals surface area contributed by atoms with Crippen molar-refractivity contribution < 1.29 is 8.42 Å². The Balaban J connectivity index is 0.00000128. The monoisotopic (exact) mass is 299 g/mol. The molecule has 0 unspecified atom stereocenters. The van der Waals surface area contributed by atoms with Gasteiger partial charge in [-0.2, -0.15) is 0 Å². The molecule has 1 aromatic rings. The normalized spacial score (nSPS) is 17.1. The van der Waals surface area contributed by atoms with Crippen LogP contribution in [-0.4, -0.2) is 25.7 Å². The zero-order valence-corrected chi connectivity index (χ0v) is 11.5. The van der Waals surface area contributed by atoms with Gasteiger partial charge in [-0.15, -0.1) is 24.8 Å². The number of aromatic nitrogens is 1. The van der Waals surface area contributed by atoms with Crippen molar-refractivity contribution in [3.8, 4) is 0 Å². The van der Waals surface area contributed by atoms with Crippen LogP contribution in [0.15, 0.2) is 18.3 Å². The topological polar surface area (TPSA) is 76.3 Å². The Morgan fingerprint density at radius 1 is 1.41 bits per heavy atom. The van der Waals surface area contributed by atoms with Gasteiger partial charge in [-0.1, -0.05) is 0 Å². The maximum absolute atomic E-state index is 11.6. The minimum atomic E-state index is -3.14. The standard InChI is InChI=1S/C9H13N3O2S.2ClH/c10-7-8-2-3-11-9(6-8)12-4-1-5-15(12,13)14;;/h2-3,6H,1,4-5,7,10H2;2*1H. The first kappa shape index (κ1) is 16.4. The highest BCUT2D eigenvalue weighted by atomic mass is 35.5. The summed E-state index contributed by atoms with van der Waals surface area (Å²) in [6, 6.07) is 3.51. The molecule has 1 fully saturated rings. The van der Waals surface area contributed by atoms with Crippen molar-refractivity contribution in [3.05, 3.63) is 23.9 Å². The molecule has 1 saturated heterocycles. The highest BCUT2D eigenvalue weighted by molar-refractivity contribution is 7.93. The molecular weight excluding hydrogens is 285 g/mol. The van der Waals surface area contributed by atoms with Crippen molar-refractivity contribution in [3.63, 3.8) is 0 Å². The zero-order valence-electron chi connectivity index (χ0n) is 9.07. The van der Waals surface area contributed by atoms with E-state index < -0.39 is 10.0 Å². The lowest BCUT2D eigenvalue weighted by molar-refractivity contribution is 0.599. The molecule has 0 amide bonds. The Labute approximate surface area is 113 Å². The summed E-state index contributed by atoms with van der Waals surface area (Å²) < 4.78 is 24.6.